The van der Waals surface area contributed by atoms with Crippen molar-refractivity contribution in [2.75, 3.05) is 19.7 Å². The number of hydrogen-bond donors (Lipinski definition) is 2. The normalized spacial score (nSPS) is 39.7. The minimum Gasteiger partial charge on any atom is -0.376 e. The van der Waals surface area contributed by atoms with Crippen molar-refractivity contribution in [3.63, 3.8) is 0 Å². The Morgan fingerprint density at radius 3 is 2.67 bits per heavy atom. The first kappa shape index (κ1) is 12.2. The number of hydrogen-bond acceptors (Lipinski definition) is 3. The van der Waals surface area contributed by atoms with Gasteiger partial charge in [-0.15, -0.1) is 0 Å². The quantitative estimate of drug-likeness (QED) is 0.722. The number of ether oxygens (including phenoxy) is 1. The van der Waals surface area contributed by atoms with E-state index in [9.17, 15) is 4.79 Å². The minimum atomic E-state index is 0.0215. The molecule has 102 valence electrons. The molecule has 0 bridgehead atoms. The molecule has 3 N–H and O–H groups in total. The fraction of sp³-hybridized carbons (Fsp3) is 0.923. The minimum absolute atomic E-state index is 0.0215. The smallest absolute Gasteiger partial charge is 0.317 e. The molecule has 0 aromatic rings. The summed E-state index contributed by atoms with van der Waals surface area (Å²) in [7, 11) is 0. The van der Waals surface area contributed by atoms with Crippen molar-refractivity contribution < 1.29 is 9.53 Å². The van der Waals surface area contributed by atoms with E-state index in [1.54, 1.807) is 0 Å². The van der Waals surface area contributed by atoms with Gasteiger partial charge in [-0.25, -0.2) is 4.79 Å². The standard InChI is InChI=1S/C13H23N3O2/c14-10-9-5-8-18-12(9)11(10)15-13(17)16-6-3-1-2-4-7-16/h9-12H,1-8,14H2,(H,15,17). The van der Waals surface area contributed by atoms with Crippen LogP contribution in [0.15, 0.2) is 0 Å². The molecule has 0 aromatic carbocycles. The Bertz CT molecular complexity index is 315. The highest BCUT2D eigenvalue weighted by molar-refractivity contribution is 5.75. The summed E-state index contributed by atoms with van der Waals surface area (Å²) in [5, 5.41) is 3.07. The predicted molar refractivity (Wildman–Crippen MR) is 68.2 cm³/mol. The number of nitrogens with zero attached hydrogens (tertiary/aromatic N) is 1. The molecule has 2 amide bonds. The number of carbonyl (C=O) groups is 1. The highest BCUT2D eigenvalue weighted by atomic mass is 16.5. The lowest BCUT2D eigenvalue weighted by Gasteiger charge is -2.46. The fourth-order valence-electron chi connectivity index (χ4n) is 3.44. The van der Waals surface area contributed by atoms with E-state index in [4.69, 9.17) is 10.5 Å². The van der Waals surface area contributed by atoms with Gasteiger partial charge in [0, 0.05) is 31.7 Å². The Kier molecular flexibility index (Phi) is 3.43. The largest absolute Gasteiger partial charge is 0.376 e. The van der Waals surface area contributed by atoms with Crippen molar-refractivity contribution >= 4 is 6.03 Å². The Hall–Kier alpha value is -0.810. The van der Waals surface area contributed by atoms with E-state index in [0.29, 0.717) is 5.92 Å². The lowest BCUT2D eigenvalue weighted by Crippen LogP contribution is -2.70. The first-order valence-electron chi connectivity index (χ1n) is 7.20. The lowest BCUT2D eigenvalue weighted by molar-refractivity contribution is -0.0151. The van der Waals surface area contributed by atoms with E-state index >= 15 is 0 Å². The van der Waals surface area contributed by atoms with Crippen molar-refractivity contribution in [2.24, 2.45) is 11.7 Å². The Morgan fingerprint density at radius 1 is 1.22 bits per heavy atom. The number of likely N-dealkylation sites (tertiary alicyclic amines) is 1. The van der Waals surface area contributed by atoms with Crippen LogP contribution >= 0.6 is 0 Å². The highest BCUT2D eigenvalue weighted by Crippen LogP contribution is 2.37. The van der Waals surface area contributed by atoms with E-state index < -0.39 is 0 Å². The van der Waals surface area contributed by atoms with Gasteiger partial charge in [-0.1, -0.05) is 12.8 Å². The molecule has 4 unspecified atom stereocenters. The molecule has 18 heavy (non-hydrogen) atoms. The summed E-state index contributed by atoms with van der Waals surface area (Å²) in [5.41, 5.74) is 6.10. The molecule has 1 aliphatic carbocycles. The van der Waals surface area contributed by atoms with Crippen LogP contribution in [0.3, 0.4) is 0 Å². The molecule has 3 fully saturated rings. The molecule has 4 atom stereocenters. The molecule has 5 nitrogen and oxygen atoms in total. The van der Waals surface area contributed by atoms with Crippen LogP contribution in [0.4, 0.5) is 4.79 Å². The van der Waals surface area contributed by atoms with Crippen molar-refractivity contribution in [3.05, 3.63) is 0 Å². The third-order valence-electron chi connectivity index (χ3n) is 4.63. The first-order chi connectivity index (χ1) is 8.77. The molecule has 2 aliphatic heterocycles. The van der Waals surface area contributed by atoms with E-state index in [0.717, 1.165) is 39.0 Å². The van der Waals surface area contributed by atoms with E-state index in [-0.39, 0.29) is 24.2 Å². The number of nitrogens with two attached hydrogens (primary N) is 1. The number of amides is 2. The average molecular weight is 253 g/mol. The van der Waals surface area contributed by atoms with Gasteiger partial charge in [-0.05, 0) is 19.3 Å². The number of carbonyl (C=O) groups excluding carboxylic acids is 1. The maximum atomic E-state index is 12.2. The molecule has 5 heteroatoms. The number of urea groups is 1. The second-order valence-corrected chi connectivity index (χ2v) is 5.74. The van der Waals surface area contributed by atoms with Gasteiger partial charge in [0.15, 0.2) is 0 Å². The maximum Gasteiger partial charge on any atom is 0.317 e. The Morgan fingerprint density at radius 2 is 1.94 bits per heavy atom. The Balaban J connectivity index is 1.54. The van der Waals surface area contributed by atoms with Crippen LogP contribution in [0.5, 0.6) is 0 Å². The topological polar surface area (TPSA) is 67.6 Å². The van der Waals surface area contributed by atoms with Gasteiger partial charge in [0.25, 0.3) is 0 Å². The van der Waals surface area contributed by atoms with Crippen LogP contribution < -0.4 is 11.1 Å². The monoisotopic (exact) mass is 253 g/mol. The summed E-state index contributed by atoms with van der Waals surface area (Å²) in [4.78, 5) is 14.1. The second-order valence-electron chi connectivity index (χ2n) is 5.74. The van der Waals surface area contributed by atoms with Crippen LogP contribution in [0.25, 0.3) is 0 Å². The summed E-state index contributed by atoms with van der Waals surface area (Å²) >= 11 is 0. The van der Waals surface area contributed by atoms with Gasteiger partial charge in [0.05, 0.1) is 12.1 Å². The van der Waals surface area contributed by atoms with Gasteiger partial charge < -0.3 is 20.7 Å². The summed E-state index contributed by atoms with van der Waals surface area (Å²) < 4.78 is 5.63. The van der Waals surface area contributed by atoms with Crippen LogP contribution in [0, 0.1) is 5.92 Å². The molecule has 3 aliphatic rings. The van der Waals surface area contributed by atoms with E-state index in [1.165, 1.54) is 12.8 Å². The predicted octanol–water partition coefficient (Wildman–Crippen LogP) is 0.687. The molecule has 2 saturated heterocycles. The third kappa shape index (κ3) is 2.10. The third-order valence-corrected chi connectivity index (χ3v) is 4.63. The van der Waals surface area contributed by atoms with Gasteiger partial charge in [0.1, 0.15) is 0 Å². The number of rotatable bonds is 1. The van der Waals surface area contributed by atoms with Crippen LogP contribution in [-0.2, 0) is 4.74 Å². The summed E-state index contributed by atoms with van der Waals surface area (Å²) in [6.45, 7) is 2.55. The van der Waals surface area contributed by atoms with E-state index in [1.807, 2.05) is 4.90 Å². The van der Waals surface area contributed by atoms with Crippen LogP contribution in [0.1, 0.15) is 32.1 Å². The first-order valence-corrected chi connectivity index (χ1v) is 7.20. The number of nitrogens with one attached hydrogen (secondary N) is 1. The van der Waals surface area contributed by atoms with E-state index in [2.05, 4.69) is 5.32 Å². The van der Waals surface area contributed by atoms with Crippen LogP contribution in [-0.4, -0.2) is 48.8 Å². The van der Waals surface area contributed by atoms with Crippen molar-refractivity contribution in [1.82, 2.24) is 10.2 Å². The molecule has 0 radical (unpaired) electrons. The fourth-order valence-corrected chi connectivity index (χ4v) is 3.44. The van der Waals surface area contributed by atoms with Gasteiger partial charge in [-0.3, -0.25) is 0 Å². The SMILES string of the molecule is NC1C2CCOC2C1NC(=O)N1CCCCCC1. The zero-order valence-corrected chi connectivity index (χ0v) is 10.8. The molecule has 3 rings (SSSR count). The molecule has 0 aromatic heterocycles. The molecular weight excluding hydrogens is 230 g/mol. The van der Waals surface area contributed by atoms with Gasteiger partial charge >= 0.3 is 6.03 Å². The summed E-state index contributed by atoms with van der Waals surface area (Å²) in [6, 6.07) is 0.146. The van der Waals surface area contributed by atoms with Gasteiger partial charge in [-0.2, -0.15) is 0 Å². The lowest BCUT2D eigenvalue weighted by atomic mass is 9.72. The highest BCUT2D eigenvalue weighted by Gasteiger charge is 2.52. The molecule has 1 saturated carbocycles. The maximum absolute atomic E-state index is 12.2. The number of fused-ring (bicyclic) bond motifs is 1. The van der Waals surface area contributed by atoms with Crippen molar-refractivity contribution in [1.29, 1.82) is 0 Å². The van der Waals surface area contributed by atoms with Crippen molar-refractivity contribution in [2.45, 2.75) is 50.3 Å². The average Bonchev–Trinajstić information content (AvgIpc) is 2.62. The second kappa shape index (κ2) is 5.05. The van der Waals surface area contributed by atoms with Crippen molar-refractivity contribution in [3.8, 4) is 0 Å². The zero-order chi connectivity index (χ0) is 12.5. The molecule has 0 spiro atoms. The molecular formula is C13H23N3O2. The summed E-state index contributed by atoms with van der Waals surface area (Å²) in [6.07, 6.45) is 5.92. The van der Waals surface area contributed by atoms with Crippen LogP contribution in [0.2, 0.25) is 0 Å². The van der Waals surface area contributed by atoms with Gasteiger partial charge in [0.2, 0.25) is 0 Å². The summed E-state index contributed by atoms with van der Waals surface area (Å²) in [5.74, 6) is 0.458. The Labute approximate surface area is 108 Å². The molecule has 2 heterocycles. The zero-order valence-electron chi connectivity index (χ0n) is 10.8.